The Morgan fingerprint density at radius 1 is 1.00 bits per heavy atom. The second-order valence-corrected chi connectivity index (χ2v) is 4.48. The van der Waals surface area contributed by atoms with Gasteiger partial charge in [0.2, 0.25) is 0 Å². The molecule has 0 N–H and O–H groups in total. The van der Waals surface area contributed by atoms with E-state index in [9.17, 15) is 13.2 Å². The Bertz CT molecular complexity index is 757. The number of rotatable bonds is 1. The molecule has 0 atom stereocenters. The molecule has 20 heavy (non-hydrogen) atoms. The van der Waals surface area contributed by atoms with E-state index in [1.54, 1.807) is 18.6 Å². The molecule has 0 saturated heterocycles. The minimum Gasteiger partial charge on any atom is -0.301 e. The summed E-state index contributed by atoms with van der Waals surface area (Å²) in [6.07, 6.45) is 0.755. The molecule has 0 radical (unpaired) electrons. The van der Waals surface area contributed by atoms with Crippen molar-refractivity contribution in [2.75, 3.05) is 0 Å². The molecule has 3 nitrogen and oxygen atoms in total. The van der Waals surface area contributed by atoms with Crippen LogP contribution < -0.4 is 0 Å². The van der Waals surface area contributed by atoms with E-state index in [0.717, 1.165) is 17.8 Å². The van der Waals surface area contributed by atoms with Gasteiger partial charge in [0.25, 0.3) is 0 Å². The third-order valence-corrected chi connectivity index (χ3v) is 3.09. The molecule has 0 amide bonds. The third kappa shape index (κ3) is 2.13. The van der Waals surface area contributed by atoms with Gasteiger partial charge in [0.1, 0.15) is 0 Å². The first kappa shape index (κ1) is 12.7. The van der Waals surface area contributed by atoms with Gasteiger partial charge in [-0.2, -0.15) is 13.2 Å². The minimum atomic E-state index is -4.32. The zero-order valence-electron chi connectivity index (χ0n) is 10.5. The van der Waals surface area contributed by atoms with Crippen molar-refractivity contribution in [2.24, 2.45) is 0 Å². The summed E-state index contributed by atoms with van der Waals surface area (Å²) >= 11 is 0. The first-order valence-electron chi connectivity index (χ1n) is 5.92. The summed E-state index contributed by atoms with van der Waals surface area (Å²) in [5.41, 5.74) is 2.22. The fourth-order valence-electron chi connectivity index (χ4n) is 1.99. The van der Waals surface area contributed by atoms with Gasteiger partial charge >= 0.3 is 6.18 Å². The van der Waals surface area contributed by atoms with Crippen LogP contribution in [0.15, 0.2) is 42.9 Å². The quantitative estimate of drug-likeness (QED) is 0.678. The van der Waals surface area contributed by atoms with Crippen LogP contribution in [0.4, 0.5) is 13.2 Å². The molecule has 0 aliphatic heterocycles. The maximum absolute atomic E-state index is 12.5. The highest BCUT2D eigenvalue weighted by Gasteiger charge is 2.30. The van der Waals surface area contributed by atoms with Crippen molar-refractivity contribution < 1.29 is 13.2 Å². The van der Waals surface area contributed by atoms with E-state index >= 15 is 0 Å². The molecule has 6 heteroatoms. The van der Waals surface area contributed by atoms with Gasteiger partial charge in [-0.15, -0.1) is 0 Å². The molecular weight excluding hydrogens is 267 g/mol. The largest absolute Gasteiger partial charge is 0.416 e. The van der Waals surface area contributed by atoms with Crippen LogP contribution in [0.3, 0.4) is 0 Å². The van der Waals surface area contributed by atoms with E-state index in [1.807, 2.05) is 11.3 Å². The molecule has 2 aromatic heterocycles. The summed E-state index contributed by atoms with van der Waals surface area (Å²) in [4.78, 5) is 8.37. The topological polar surface area (TPSA) is 30.2 Å². The second-order valence-electron chi connectivity index (χ2n) is 4.48. The Kier molecular flexibility index (Phi) is 2.74. The number of benzene rings is 1. The van der Waals surface area contributed by atoms with Gasteiger partial charge in [0.05, 0.1) is 17.5 Å². The highest BCUT2D eigenvalue weighted by molar-refractivity contribution is 5.60. The number of aromatic nitrogens is 3. The smallest absolute Gasteiger partial charge is 0.301 e. The molecular formula is C14H10F3N3. The van der Waals surface area contributed by atoms with E-state index in [2.05, 4.69) is 9.97 Å². The van der Waals surface area contributed by atoms with Crippen LogP contribution in [0, 0.1) is 6.92 Å². The number of aryl methyl sites for hydroxylation is 1. The Morgan fingerprint density at radius 2 is 1.70 bits per heavy atom. The van der Waals surface area contributed by atoms with Crippen molar-refractivity contribution >= 4 is 5.65 Å². The predicted molar refractivity (Wildman–Crippen MR) is 68.2 cm³/mol. The molecule has 102 valence electrons. The lowest BCUT2D eigenvalue weighted by Crippen LogP contribution is -2.04. The fourth-order valence-corrected chi connectivity index (χ4v) is 1.99. The van der Waals surface area contributed by atoms with Gasteiger partial charge in [-0.05, 0) is 19.1 Å². The van der Waals surface area contributed by atoms with Crippen LogP contribution in [0.2, 0.25) is 0 Å². The van der Waals surface area contributed by atoms with Crippen molar-refractivity contribution in [3.8, 4) is 11.3 Å². The SMILES string of the molecule is Cc1cnc2cnc(-c3ccc(C(F)(F)F)cc3)cn12. The summed E-state index contributed by atoms with van der Waals surface area (Å²) in [6, 6.07) is 4.95. The molecule has 2 heterocycles. The van der Waals surface area contributed by atoms with E-state index in [4.69, 9.17) is 0 Å². The molecule has 0 unspecified atom stereocenters. The molecule has 0 aliphatic carbocycles. The van der Waals surface area contributed by atoms with Crippen molar-refractivity contribution in [3.05, 3.63) is 54.1 Å². The van der Waals surface area contributed by atoms with Crippen LogP contribution in [-0.2, 0) is 6.18 Å². The zero-order valence-corrected chi connectivity index (χ0v) is 10.5. The highest BCUT2D eigenvalue weighted by atomic mass is 19.4. The van der Waals surface area contributed by atoms with E-state index < -0.39 is 11.7 Å². The Labute approximate surface area is 112 Å². The maximum atomic E-state index is 12.5. The molecule has 0 aliphatic rings. The zero-order chi connectivity index (χ0) is 14.3. The van der Waals surface area contributed by atoms with E-state index in [-0.39, 0.29) is 0 Å². The average Bonchev–Trinajstić information content (AvgIpc) is 2.79. The lowest BCUT2D eigenvalue weighted by atomic mass is 10.1. The van der Waals surface area contributed by atoms with E-state index in [0.29, 0.717) is 16.9 Å². The van der Waals surface area contributed by atoms with Gasteiger partial charge < -0.3 is 4.40 Å². The molecule has 3 aromatic rings. The first-order chi connectivity index (χ1) is 9.45. The average molecular weight is 277 g/mol. The minimum absolute atomic E-state index is 0.604. The molecule has 0 bridgehead atoms. The number of imidazole rings is 1. The van der Waals surface area contributed by atoms with Gasteiger partial charge in [-0.1, -0.05) is 12.1 Å². The van der Waals surface area contributed by atoms with Crippen molar-refractivity contribution in [1.82, 2.24) is 14.4 Å². The van der Waals surface area contributed by atoms with Crippen LogP contribution in [0.5, 0.6) is 0 Å². The van der Waals surface area contributed by atoms with Crippen molar-refractivity contribution in [2.45, 2.75) is 13.1 Å². The van der Waals surface area contributed by atoms with Gasteiger partial charge in [0.15, 0.2) is 5.65 Å². The van der Waals surface area contributed by atoms with E-state index in [1.165, 1.54) is 12.1 Å². The van der Waals surface area contributed by atoms with Crippen LogP contribution in [0.1, 0.15) is 11.3 Å². The lowest BCUT2D eigenvalue weighted by molar-refractivity contribution is -0.137. The summed E-state index contributed by atoms with van der Waals surface area (Å²) in [6.45, 7) is 1.90. The first-order valence-corrected chi connectivity index (χ1v) is 5.92. The number of hydrogen-bond donors (Lipinski definition) is 0. The predicted octanol–water partition coefficient (Wildman–Crippen LogP) is 3.72. The maximum Gasteiger partial charge on any atom is 0.416 e. The van der Waals surface area contributed by atoms with Crippen LogP contribution in [0.25, 0.3) is 16.9 Å². The summed E-state index contributed by atoms with van der Waals surface area (Å²) in [7, 11) is 0. The molecule has 0 saturated carbocycles. The highest BCUT2D eigenvalue weighted by Crippen LogP contribution is 2.30. The Hall–Kier alpha value is -2.37. The summed E-state index contributed by atoms with van der Waals surface area (Å²) in [5, 5.41) is 0. The second kappa shape index (κ2) is 4.33. The normalized spacial score (nSPS) is 12.0. The van der Waals surface area contributed by atoms with Gasteiger partial charge in [-0.3, -0.25) is 4.98 Å². The Morgan fingerprint density at radius 3 is 2.35 bits per heavy atom. The molecule has 3 rings (SSSR count). The summed E-state index contributed by atoms with van der Waals surface area (Å²) in [5.74, 6) is 0. The van der Waals surface area contributed by atoms with Crippen LogP contribution in [-0.4, -0.2) is 14.4 Å². The molecule has 0 spiro atoms. The number of nitrogens with zero attached hydrogens (tertiary/aromatic N) is 3. The number of halogens is 3. The molecule has 1 aromatic carbocycles. The monoisotopic (exact) mass is 277 g/mol. The Balaban J connectivity index is 2.04. The van der Waals surface area contributed by atoms with Crippen molar-refractivity contribution in [1.29, 1.82) is 0 Å². The fraction of sp³-hybridized carbons (Fsp3) is 0.143. The van der Waals surface area contributed by atoms with Crippen LogP contribution >= 0.6 is 0 Å². The van der Waals surface area contributed by atoms with Gasteiger partial charge in [-0.25, -0.2) is 4.98 Å². The lowest BCUT2D eigenvalue weighted by Gasteiger charge is -2.07. The van der Waals surface area contributed by atoms with Gasteiger partial charge in [0, 0.05) is 23.7 Å². The standard InChI is InChI=1S/C14H10F3N3/c1-9-6-19-13-7-18-12(8-20(9)13)10-2-4-11(5-3-10)14(15,16)17/h2-8H,1H3. The number of alkyl halides is 3. The molecule has 0 fully saturated rings. The number of hydrogen-bond acceptors (Lipinski definition) is 2. The van der Waals surface area contributed by atoms with Crippen molar-refractivity contribution in [3.63, 3.8) is 0 Å². The number of fused-ring (bicyclic) bond motifs is 1. The summed E-state index contributed by atoms with van der Waals surface area (Å²) < 4.78 is 39.4. The third-order valence-electron chi connectivity index (χ3n) is 3.09.